The van der Waals surface area contributed by atoms with Crippen molar-refractivity contribution in [3.05, 3.63) is 59.0 Å². The number of aromatic nitrogens is 2. The summed E-state index contributed by atoms with van der Waals surface area (Å²) in [7, 11) is 0. The van der Waals surface area contributed by atoms with E-state index in [0.717, 1.165) is 32.5 Å². The van der Waals surface area contributed by atoms with Crippen molar-refractivity contribution in [2.24, 2.45) is 0 Å². The van der Waals surface area contributed by atoms with E-state index in [1.54, 1.807) is 18.5 Å². The lowest BCUT2D eigenvalue weighted by molar-refractivity contribution is -0.124. The Bertz CT molecular complexity index is 803. The molecular weight excluding hydrogens is 472 g/mol. The van der Waals surface area contributed by atoms with Crippen molar-refractivity contribution >= 4 is 66.6 Å². The van der Waals surface area contributed by atoms with Gasteiger partial charge in [0.2, 0.25) is 0 Å². The van der Waals surface area contributed by atoms with Crippen LogP contribution in [0.15, 0.2) is 42.9 Å². The Morgan fingerprint density at radius 3 is 2.60 bits per heavy atom. The zero-order valence-corrected chi connectivity index (χ0v) is 19.2. The molecule has 1 fully saturated rings. The second-order valence-electron chi connectivity index (χ2n) is 6.46. The van der Waals surface area contributed by atoms with Crippen LogP contribution >= 0.6 is 48.8 Å². The Morgan fingerprint density at radius 2 is 2.00 bits per heavy atom. The molecule has 2 aromatic rings. The molecule has 3 rings (SSSR count). The molecule has 0 unspecified atom stereocenters. The molecule has 1 amide bonds. The summed E-state index contributed by atoms with van der Waals surface area (Å²) < 4.78 is 0. The van der Waals surface area contributed by atoms with Crippen molar-refractivity contribution in [2.45, 2.75) is 25.4 Å². The molecule has 7 nitrogen and oxygen atoms in total. The highest BCUT2D eigenvalue weighted by atomic mass is 35.5. The van der Waals surface area contributed by atoms with Crippen LogP contribution in [0.2, 0.25) is 5.02 Å². The monoisotopic (exact) mass is 495 g/mol. The predicted octanol–water partition coefficient (Wildman–Crippen LogP) is 3.99. The maximum absolute atomic E-state index is 11.0. The molecular formula is C19H25Cl4N5O2. The molecule has 30 heavy (non-hydrogen) atoms. The van der Waals surface area contributed by atoms with Gasteiger partial charge in [0.05, 0.1) is 5.02 Å². The van der Waals surface area contributed by atoms with E-state index in [1.165, 1.54) is 23.2 Å². The minimum atomic E-state index is -0.605. The van der Waals surface area contributed by atoms with E-state index in [-0.39, 0.29) is 37.2 Å². The number of likely N-dealkylation sites (tertiary alicyclic amines) is 1. The number of hydrogen-bond donors (Lipinski definition) is 3. The second-order valence-corrected chi connectivity index (χ2v) is 6.87. The smallest absolute Gasteiger partial charge is 0.267 e. The van der Waals surface area contributed by atoms with Gasteiger partial charge in [-0.1, -0.05) is 17.7 Å². The zero-order valence-electron chi connectivity index (χ0n) is 16.0. The molecule has 0 spiro atoms. The molecule has 3 N–H and O–H groups in total. The lowest BCUT2D eigenvalue weighted by atomic mass is 10.0. The fourth-order valence-corrected chi connectivity index (χ4v) is 3.27. The predicted molar refractivity (Wildman–Crippen MR) is 126 cm³/mol. The van der Waals surface area contributed by atoms with Crippen LogP contribution in [0.1, 0.15) is 24.0 Å². The van der Waals surface area contributed by atoms with Gasteiger partial charge < -0.3 is 5.32 Å². The molecule has 0 atom stereocenters. The van der Waals surface area contributed by atoms with E-state index in [1.807, 2.05) is 12.3 Å². The second kappa shape index (κ2) is 14.4. The van der Waals surface area contributed by atoms with Gasteiger partial charge >= 0.3 is 0 Å². The Hall–Kier alpha value is -1.61. The fourth-order valence-electron chi connectivity index (χ4n) is 3.04. The maximum Gasteiger partial charge on any atom is 0.267 e. The van der Waals surface area contributed by atoms with Crippen molar-refractivity contribution in [1.82, 2.24) is 20.3 Å². The van der Waals surface area contributed by atoms with Crippen LogP contribution in [0.3, 0.4) is 0 Å². The highest BCUT2D eigenvalue weighted by molar-refractivity contribution is 6.33. The van der Waals surface area contributed by atoms with Gasteiger partial charge in [-0.25, -0.2) is 10.5 Å². The Labute approximate surface area is 199 Å². The number of carbonyl (C=O) groups excluding carboxylic acids is 1. The lowest BCUT2D eigenvalue weighted by Crippen LogP contribution is -2.38. The van der Waals surface area contributed by atoms with Crippen LogP contribution in [0.5, 0.6) is 0 Å². The Kier molecular flexibility index (Phi) is 13.6. The summed E-state index contributed by atoms with van der Waals surface area (Å²) in [6.07, 6.45) is 10.1. The number of halogens is 4. The van der Waals surface area contributed by atoms with E-state index in [4.69, 9.17) is 16.8 Å². The summed E-state index contributed by atoms with van der Waals surface area (Å²) in [5, 5.41) is 12.4. The van der Waals surface area contributed by atoms with Crippen molar-refractivity contribution in [1.29, 1.82) is 0 Å². The maximum atomic E-state index is 11.0. The number of hydroxylamine groups is 1. The highest BCUT2D eigenvalue weighted by Crippen LogP contribution is 2.24. The third-order valence-electron chi connectivity index (χ3n) is 4.46. The third kappa shape index (κ3) is 8.63. The third-order valence-corrected chi connectivity index (χ3v) is 4.75. The summed E-state index contributed by atoms with van der Waals surface area (Å²) in [6, 6.07) is 6.12. The minimum absolute atomic E-state index is 0. The number of piperidine rings is 1. The molecule has 1 saturated heterocycles. The van der Waals surface area contributed by atoms with E-state index in [9.17, 15) is 4.79 Å². The molecule has 166 valence electrons. The fraction of sp³-hybridized carbons (Fsp3) is 0.316. The van der Waals surface area contributed by atoms with Crippen molar-refractivity contribution < 1.29 is 10.0 Å². The lowest BCUT2D eigenvalue weighted by Gasteiger charge is -2.32. The van der Waals surface area contributed by atoms with Crippen LogP contribution in [-0.2, 0) is 11.3 Å². The molecule has 0 aromatic carbocycles. The average molecular weight is 497 g/mol. The number of hydrogen-bond acceptors (Lipinski definition) is 6. The summed E-state index contributed by atoms with van der Waals surface area (Å²) in [4.78, 5) is 22.0. The van der Waals surface area contributed by atoms with Gasteiger partial charge in [0.15, 0.2) is 0 Å². The Balaban J connectivity index is 0.00000280. The molecule has 0 bridgehead atoms. The standard InChI is InChI=1S/C19H22ClN5O2.3ClH/c20-17-10-14(3-4-18(26)24-27)12-22-19(17)23-16-5-8-25(9-6-16)13-15-2-1-7-21-11-15;;;/h1-4,7,10-12,16,27H,5-6,8-9,13H2,(H,22,23)(H,24,26);3*1H/b4-3+;;;. The van der Waals surface area contributed by atoms with Gasteiger partial charge in [0, 0.05) is 50.3 Å². The summed E-state index contributed by atoms with van der Waals surface area (Å²) in [5.41, 5.74) is 3.44. The first-order valence-electron chi connectivity index (χ1n) is 8.79. The van der Waals surface area contributed by atoms with Crippen molar-refractivity contribution in [2.75, 3.05) is 18.4 Å². The molecule has 11 heteroatoms. The van der Waals surface area contributed by atoms with E-state index < -0.39 is 5.91 Å². The summed E-state index contributed by atoms with van der Waals surface area (Å²) in [5.74, 6) is 0.0394. The number of carbonyl (C=O) groups is 1. The van der Waals surface area contributed by atoms with Crippen LogP contribution in [0.25, 0.3) is 6.08 Å². The van der Waals surface area contributed by atoms with E-state index in [2.05, 4.69) is 26.3 Å². The van der Waals surface area contributed by atoms with Crippen molar-refractivity contribution in [3.63, 3.8) is 0 Å². The van der Waals surface area contributed by atoms with Gasteiger partial charge in [0.25, 0.3) is 5.91 Å². The zero-order chi connectivity index (χ0) is 19.1. The van der Waals surface area contributed by atoms with E-state index >= 15 is 0 Å². The number of amides is 1. The van der Waals surface area contributed by atoms with Gasteiger partial charge in [-0.3, -0.25) is 19.9 Å². The molecule has 0 radical (unpaired) electrons. The first-order valence-corrected chi connectivity index (χ1v) is 9.17. The molecule has 0 saturated carbocycles. The average Bonchev–Trinajstić information content (AvgIpc) is 2.70. The highest BCUT2D eigenvalue weighted by Gasteiger charge is 2.20. The van der Waals surface area contributed by atoms with Crippen LogP contribution < -0.4 is 10.8 Å². The number of nitrogens with zero attached hydrogens (tertiary/aromatic N) is 3. The van der Waals surface area contributed by atoms with E-state index in [0.29, 0.717) is 22.4 Å². The van der Waals surface area contributed by atoms with Crippen LogP contribution in [-0.4, -0.2) is 45.1 Å². The van der Waals surface area contributed by atoms with Gasteiger partial charge in [-0.2, -0.15) is 0 Å². The normalized spacial score (nSPS) is 14.2. The topological polar surface area (TPSA) is 90.4 Å². The van der Waals surface area contributed by atoms with Gasteiger partial charge in [-0.05, 0) is 42.2 Å². The van der Waals surface area contributed by atoms with Crippen LogP contribution in [0, 0.1) is 0 Å². The summed E-state index contributed by atoms with van der Waals surface area (Å²) >= 11 is 6.31. The Morgan fingerprint density at radius 1 is 1.27 bits per heavy atom. The number of anilines is 1. The number of pyridine rings is 2. The SMILES string of the molecule is Cl.Cl.Cl.O=C(/C=C/c1cnc(NC2CCN(Cc3cccnc3)CC2)c(Cl)c1)NO. The molecule has 1 aliphatic rings. The molecule has 2 aromatic heterocycles. The van der Waals surface area contributed by atoms with Crippen LogP contribution in [0.4, 0.5) is 5.82 Å². The molecule has 1 aliphatic heterocycles. The molecule has 0 aliphatic carbocycles. The minimum Gasteiger partial charge on any atom is -0.366 e. The van der Waals surface area contributed by atoms with Gasteiger partial charge in [-0.15, -0.1) is 37.2 Å². The molecule has 3 heterocycles. The number of nitrogens with one attached hydrogen (secondary N) is 2. The van der Waals surface area contributed by atoms with Crippen molar-refractivity contribution in [3.8, 4) is 0 Å². The first-order chi connectivity index (χ1) is 13.1. The van der Waals surface area contributed by atoms with Gasteiger partial charge in [0.1, 0.15) is 5.82 Å². The largest absolute Gasteiger partial charge is 0.366 e. The first kappa shape index (κ1) is 28.4. The quantitative estimate of drug-likeness (QED) is 0.318. The number of rotatable bonds is 6. The summed E-state index contributed by atoms with van der Waals surface area (Å²) in [6.45, 7) is 2.92.